The minimum absolute atomic E-state index is 0.0355. The van der Waals surface area contributed by atoms with Crippen LogP contribution >= 0.6 is 0 Å². The molecule has 4 heteroatoms. The quantitative estimate of drug-likeness (QED) is 0.816. The summed E-state index contributed by atoms with van der Waals surface area (Å²) in [7, 11) is 0. The lowest BCUT2D eigenvalue weighted by molar-refractivity contribution is -0.137. The number of carboxylic acids is 1. The first-order valence-corrected chi connectivity index (χ1v) is 7.63. The lowest BCUT2D eigenvalue weighted by atomic mass is 9.96. The van der Waals surface area contributed by atoms with Gasteiger partial charge in [0.1, 0.15) is 0 Å². The topological polar surface area (TPSA) is 57.6 Å². The molecule has 0 bridgehead atoms. The number of hydrogen-bond donors (Lipinski definition) is 1. The van der Waals surface area contributed by atoms with E-state index in [4.69, 9.17) is 5.11 Å². The van der Waals surface area contributed by atoms with E-state index in [1.807, 2.05) is 18.2 Å². The Balaban J connectivity index is 2.13. The highest BCUT2D eigenvalue weighted by atomic mass is 16.4. The molecule has 0 aromatic heterocycles. The Morgan fingerprint density at radius 2 is 2.05 bits per heavy atom. The van der Waals surface area contributed by atoms with Crippen LogP contribution in [0, 0.1) is 0 Å². The zero-order valence-corrected chi connectivity index (χ0v) is 12.8. The second kappa shape index (κ2) is 6.74. The molecular weight excluding hydrogens is 266 g/mol. The van der Waals surface area contributed by atoms with Crippen LogP contribution in [0.1, 0.15) is 55.5 Å². The van der Waals surface area contributed by atoms with Crippen molar-refractivity contribution in [3.05, 3.63) is 29.3 Å². The zero-order valence-electron chi connectivity index (χ0n) is 12.8. The first kappa shape index (κ1) is 15.5. The number of anilines is 1. The summed E-state index contributed by atoms with van der Waals surface area (Å²) >= 11 is 0. The van der Waals surface area contributed by atoms with E-state index in [9.17, 15) is 9.59 Å². The number of rotatable bonds is 6. The highest BCUT2D eigenvalue weighted by molar-refractivity contribution is 5.97. The van der Waals surface area contributed by atoms with E-state index < -0.39 is 5.97 Å². The van der Waals surface area contributed by atoms with Crippen LogP contribution in [0.25, 0.3) is 0 Å². The van der Waals surface area contributed by atoms with Gasteiger partial charge in [-0.25, -0.2) is 0 Å². The minimum Gasteiger partial charge on any atom is -0.481 e. The Bertz CT molecular complexity index is 537. The summed E-state index contributed by atoms with van der Waals surface area (Å²) in [6, 6.07) is 6.33. The molecule has 1 aromatic carbocycles. The number of carboxylic acid groups (broad SMARTS) is 1. The van der Waals surface area contributed by atoms with Gasteiger partial charge in [-0.05, 0) is 44.7 Å². The Morgan fingerprint density at radius 3 is 2.71 bits per heavy atom. The molecule has 1 aromatic rings. The van der Waals surface area contributed by atoms with Gasteiger partial charge in [0.25, 0.3) is 0 Å². The van der Waals surface area contributed by atoms with E-state index in [0.717, 1.165) is 19.4 Å². The van der Waals surface area contributed by atoms with Crippen molar-refractivity contribution >= 4 is 17.4 Å². The third-order valence-electron chi connectivity index (χ3n) is 3.98. The number of Topliss-reactive ketones (excluding diaryl/α,β-unsaturated/α-hetero) is 1. The molecule has 4 nitrogen and oxygen atoms in total. The van der Waals surface area contributed by atoms with Crippen LogP contribution in [0.5, 0.6) is 0 Å². The molecule has 0 atom stereocenters. The SMILES string of the molecule is CC(C)N1CCCc2ccc(C(=O)CCCC(=O)O)cc21. The van der Waals surface area contributed by atoms with E-state index in [1.54, 1.807) is 0 Å². The van der Waals surface area contributed by atoms with E-state index in [2.05, 4.69) is 18.7 Å². The van der Waals surface area contributed by atoms with Gasteiger partial charge in [-0.3, -0.25) is 9.59 Å². The highest BCUT2D eigenvalue weighted by Gasteiger charge is 2.20. The van der Waals surface area contributed by atoms with Crippen LogP contribution < -0.4 is 4.90 Å². The number of aryl methyl sites for hydroxylation is 1. The smallest absolute Gasteiger partial charge is 0.303 e. The van der Waals surface area contributed by atoms with Gasteiger partial charge in [0.05, 0.1) is 0 Å². The molecule has 1 aliphatic heterocycles. The highest BCUT2D eigenvalue weighted by Crippen LogP contribution is 2.30. The van der Waals surface area contributed by atoms with Crippen molar-refractivity contribution in [3.8, 4) is 0 Å². The molecule has 1 N–H and O–H groups in total. The Kier molecular flexibility index (Phi) is 4.99. The fraction of sp³-hybridized carbons (Fsp3) is 0.529. The predicted octanol–water partition coefficient (Wildman–Crippen LogP) is 3.29. The Labute approximate surface area is 125 Å². The van der Waals surface area contributed by atoms with Gasteiger partial charge in [0.2, 0.25) is 0 Å². The number of fused-ring (bicyclic) bond motifs is 1. The number of nitrogens with zero attached hydrogens (tertiary/aromatic N) is 1. The summed E-state index contributed by atoms with van der Waals surface area (Å²) < 4.78 is 0. The van der Waals surface area contributed by atoms with Crippen molar-refractivity contribution < 1.29 is 14.7 Å². The minimum atomic E-state index is -0.848. The number of hydrogen-bond acceptors (Lipinski definition) is 3. The van der Waals surface area contributed by atoms with Crippen molar-refractivity contribution in [1.29, 1.82) is 0 Å². The fourth-order valence-electron chi connectivity index (χ4n) is 2.86. The second-order valence-corrected chi connectivity index (χ2v) is 5.90. The monoisotopic (exact) mass is 289 g/mol. The third kappa shape index (κ3) is 3.84. The average molecular weight is 289 g/mol. The standard InChI is InChI=1S/C17H23NO3/c1-12(2)18-10-4-5-13-8-9-14(11-15(13)18)16(19)6-3-7-17(20)21/h8-9,11-12H,3-7,10H2,1-2H3,(H,20,21). The van der Waals surface area contributed by atoms with Crippen molar-refractivity contribution in [2.45, 2.75) is 52.0 Å². The van der Waals surface area contributed by atoms with Crippen molar-refractivity contribution in [2.75, 3.05) is 11.4 Å². The van der Waals surface area contributed by atoms with Gasteiger partial charge in [0, 0.05) is 36.7 Å². The van der Waals surface area contributed by atoms with Gasteiger partial charge in [0.15, 0.2) is 5.78 Å². The molecule has 0 spiro atoms. The van der Waals surface area contributed by atoms with Crippen LogP contribution in [-0.4, -0.2) is 29.4 Å². The summed E-state index contributed by atoms with van der Waals surface area (Å²) in [6.07, 6.45) is 2.96. The van der Waals surface area contributed by atoms with Crippen molar-refractivity contribution in [3.63, 3.8) is 0 Å². The summed E-state index contributed by atoms with van der Waals surface area (Å²) in [5.41, 5.74) is 3.17. The van der Waals surface area contributed by atoms with Crippen LogP contribution in [0.4, 0.5) is 5.69 Å². The number of carbonyl (C=O) groups excluding carboxylic acids is 1. The Hall–Kier alpha value is -1.84. The summed E-state index contributed by atoms with van der Waals surface area (Å²) in [4.78, 5) is 25.0. The van der Waals surface area contributed by atoms with Gasteiger partial charge in [-0.1, -0.05) is 12.1 Å². The van der Waals surface area contributed by atoms with Crippen LogP contribution in [0.2, 0.25) is 0 Å². The van der Waals surface area contributed by atoms with Crippen LogP contribution in [0.3, 0.4) is 0 Å². The van der Waals surface area contributed by atoms with E-state index in [0.29, 0.717) is 24.4 Å². The maximum atomic E-state index is 12.2. The molecule has 0 fully saturated rings. The summed E-state index contributed by atoms with van der Waals surface area (Å²) in [5.74, 6) is -0.812. The largest absolute Gasteiger partial charge is 0.481 e. The Morgan fingerprint density at radius 1 is 1.29 bits per heavy atom. The molecule has 2 rings (SSSR count). The molecule has 1 heterocycles. The first-order chi connectivity index (χ1) is 9.99. The molecule has 0 saturated carbocycles. The molecule has 0 aliphatic carbocycles. The second-order valence-electron chi connectivity index (χ2n) is 5.90. The predicted molar refractivity (Wildman–Crippen MR) is 83.1 cm³/mol. The third-order valence-corrected chi connectivity index (χ3v) is 3.98. The van der Waals surface area contributed by atoms with Gasteiger partial charge in [-0.15, -0.1) is 0 Å². The maximum Gasteiger partial charge on any atom is 0.303 e. The fourth-order valence-corrected chi connectivity index (χ4v) is 2.86. The van der Waals surface area contributed by atoms with Crippen LogP contribution in [-0.2, 0) is 11.2 Å². The normalized spacial score (nSPS) is 14.1. The lowest BCUT2D eigenvalue weighted by Gasteiger charge is -2.35. The van der Waals surface area contributed by atoms with Gasteiger partial charge >= 0.3 is 5.97 Å². The number of carbonyl (C=O) groups is 2. The van der Waals surface area contributed by atoms with Crippen molar-refractivity contribution in [1.82, 2.24) is 0 Å². The van der Waals surface area contributed by atoms with Crippen LogP contribution in [0.15, 0.2) is 18.2 Å². The molecule has 21 heavy (non-hydrogen) atoms. The molecule has 0 saturated heterocycles. The van der Waals surface area contributed by atoms with Crippen molar-refractivity contribution in [2.24, 2.45) is 0 Å². The summed E-state index contributed by atoms with van der Waals surface area (Å²) in [5, 5.41) is 8.63. The van der Waals surface area contributed by atoms with Gasteiger partial charge < -0.3 is 10.0 Å². The van der Waals surface area contributed by atoms with E-state index in [-0.39, 0.29) is 12.2 Å². The average Bonchev–Trinajstić information content (AvgIpc) is 2.45. The number of ketones is 1. The number of aliphatic carboxylic acids is 1. The molecular formula is C17H23NO3. The molecule has 0 amide bonds. The molecule has 114 valence electrons. The number of benzene rings is 1. The molecule has 1 aliphatic rings. The lowest BCUT2D eigenvalue weighted by Crippen LogP contribution is -2.35. The molecule has 0 radical (unpaired) electrons. The zero-order chi connectivity index (χ0) is 15.4. The van der Waals surface area contributed by atoms with Gasteiger partial charge in [-0.2, -0.15) is 0 Å². The van der Waals surface area contributed by atoms with E-state index in [1.165, 1.54) is 11.3 Å². The first-order valence-electron chi connectivity index (χ1n) is 7.63. The van der Waals surface area contributed by atoms with E-state index >= 15 is 0 Å². The maximum absolute atomic E-state index is 12.2. The summed E-state index contributed by atoms with van der Waals surface area (Å²) in [6.45, 7) is 5.36. The molecule has 0 unspecified atom stereocenters.